The molecule has 0 bridgehead atoms. The highest BCUT2D eigenvalue weighted by molar-refractivity contribution is 5.22. The molecule has 0 aliphatic heterocycles. The zero-order chi connectivity index (χ0) is 9.10. The molecule has 1 aliphatic rings. The second-order valence-electron chi connectivity index (χ2n) is 3.47. The van der Waals surface area contributed by atoms with Gasteiger partial charge in [0, 0.05) is 12.4 Å². The SMILES string of the molecule is OC1C=C(Cc2cccnc2)CC1. The second-order valence-corrected chi connectivity index (χ2v) is 3.47. The van der Waals surface area contributed by atoms with E-state index in [0.717, 1.165) is 19.3 Å². The van der Waals surface area contributed by atoms with Gasteiger partial charge in [0.2, 0.25) is 0 Å². The van der Waals surface area contributed by atoms with Gasteiger partial charge in [-0.25, -0.2) is 0 Å². The minimum atomic E-state index is -0.216. The molecular weight excluding hydrogens is 162 g/mol. The fourth-order valence-corrected chi connectivity index (χ4v) is 1.68. The third-order valence-corrected chi connectivity index (χ3v) is 2.34. The molecule has 1 aromatic rings. The molecule has 2 nitrogen and oxygen atoms in total. The van der Waals surface area contributed by atoms with Gasteiger partial charge in [0.1, 0.15) is 0 Å². The van der Waals surface area contributed by atoms with Gasteiger partial charge in [0.15, 0.2) is 0 Å². The number of pyridine rings is 1. The molecule has 1 atom stereocenters. The van der Waals surface area contributed by atoms with E-state index in [0.29, 0.717) is 0 Å². The molecule has 0 spiro atoms. The van der Waals surface area contributed by atoms with Crippen molar-refractivity contribution in [1.82, 2.24) is 4.98 Å². The summed E-state index contributed by atoms with van der Waals surface area (Å²) in [4.78, 5) is 4.06. The summed E-state index contributed by atoms with van der Waals surface area (Å²) in [6.07, 6.45) is 8.25. The monoisotopic (exact) mass is 175 g/mol. The molecule has 0 aromatic carbocycles. The van der Waals surface area contributed by atoms with Crippen LogP contribution >= 0.6 is 0 Å². The zero-order valence-electron chi connectivity index (χ0n) is 7.48. The van der Waals surface area contributed by atoms with Crippen molar-refractivity contribution < 1.29 is 5.11 Å². The Morgan fingerprint density at radius 3 is 3.08 bits per heavy atom. The molecule has 1 N–H and O–H groups in total. The Balaban J connectivity index is 2.03. The van der Waals surface area contributed by atoms with Gasteiger partial charge in [-0.1, -0.05) is 17.7 Å². The maximum atomic E-state index is 9.29. The molecule has 0 fully saturated rings. The topological polar surface area (TPSA) is 33.1 Å². The first kappa shape index (κ1) is 8.45. The zero-order valence-corrected chi connectivity index (χ0v) is 7.48. The molecule has 0 amide bonds. The van der Waals surface area contributed by atoms with E-state index in [2.05, 4.69) is 11.1 Å². The highest BCUT2D eigenvalue weighted by atomic mass is 16.3. The first-order chi connectivity index (χ1) is 6.34. The summed E-state index contributed by atoms with van der Waals surface area (Å²) >= 11 is 0. The molecule has 2 rings (SSSR count). The first-order valence-corrected chi connectivity index (χ1v) is 4.61. The Kier molecular flexibility index (Phi) is 2.41. The number of aromatic nitrogens is 1. The van der Waals surface area contributed by atoms with Gasteiger partial charge in [-0.2, -0.15) is 0 Å². The molecule has 0 radical (unpaired) electrons. The van der Waals surface area contributed by atoms with Crippen LogP contribution in [-0.2, 0) is 6.42 Å². The fourth-order valence-electron chi connectivity index (χ4n) is 1.68. The summed E-state index contributed by atoms with van der Waals surface area (Å²) < 4.78 is 0. The lowest BCUT2D eigenvalue weighted by atomic mass is 10.1. The van der Waals surface area contributed by atoms with Gasteiger partial charge in [0.05, 0.1) is 6.10 Å². The third kappa shape index (κ3) is 2.16. The van der Waals surface area contributed by atoms with Crippen LogP contribution in [0.3, 0.4) is 0 Å². The minimum absolute atomic E-state index is 0.216. The highest BCUT2D eigenvalue weighted by Crippen LogP contribution is 2.21. The van der Waals surface area contributed by atoms with Gasteiger partial charge in [0.25, 0.3) is 0 Å². The van der Waals surface area contributed by atoms with Crippen LogP contribution in [0.4, 0.5) is 0 Å². The molecular formula is C11H13NO. The number of aliphatic hydroxyl groups is 1. The predicted molar refractivity (Wildman–Crippen MR) is 51.3 cm³/mol. The second kappa shape index (κ2) is 3.71. The number of allylic oxidation sites excluding steroid dienone is 1. The van der Waals surface area contributed by atoms with Crippen LogP contribution in [0, 0.1) is 0 Å². The Bertz CT molecular complexity index is 305. The van der Waals surface area contributed by atoms with Crippen molar-refractivity contribution in [1.29, 1.82) is 0 Å². The average Bonchev–Trinajstić information content (AvgIpc) is 2.53. The van der Waals surface area contributed by atoms with Crippen LogP contribution in [0.15, 0.2) is 36.2 Å². The van der Waals surface area contributed by atoms with Crippen molar-refractivity contribution >= 4 is 0 Å². The van der Waals surface area contributed by atoms with E-state index in [-0.39, 0.29) is 6.10 Å². The average molecular weight is 175 g/mol. The Morgan fingerprint density at radius 2 is 2.46 bits per heavy atom. The molecule has 1 unspecified atom stereocenters. The van der Waals surface area contributed by atoms with E-state index in [9.17, 15) is 5.11 Å². The standard InChI is InChI=1S/C11H13NO/c13-11-4-3-9(7-11)6-10-2-1-5-12-8-10/h1-2,5,7-8,11,13H,3-4,6H2. The van der Waals surface area contributed by atoms with Gasteiger partial charge in [-0.05, 0) is 30.9 Å². The summed E-state index contributed by atoms with van der Waals surface area (Å²) in [5, 5.41) is 9.29. The summed E-state index contributed by atoms with van der Waals surface area (Å²) in [5.74, 6) is 0. The number of hydrogen-bond acceptors (Lipinski definition) is 2. The fraction of sp³-hybridized carbons (Fsp3) is 0.364. The van der Waals surface area contributed by atoms with E-state index >= 15 is 0 Å². The van der Waals surface area contributed by atoms with Gasteiger partial charge >= 0.3 is 0 Å². The summed E-state index contributed by atoms with van der Waals surface area (Å²) in [7, 11) is 0. The van der Waals surface area contributed by atoms with Crippen molar-refractivity contribution in [3.8, 4) is 0 Å². The van der Waals surface area contributed by atoms with Gasteiger partial charge in [-0.15, -0.1) is 0 Å². The van der Waals surface area contributed by atoms with E-state index in [1.54, 1.807) is 6.20 Å². The third-order valence-electron chi connectivity index (χ3n) is 2.34. The summed E-state index contributed by atoms with van der Waals surface area (Å²) in [5.41, 5.74) is 2.56. The Hall–Kier alpha value is -1.15. The normalized spacial score (nSPS) is 21.6. The number of hydrogen-bond donors (Lipinski definition) is 1. The lowest BCUT2D eigenvalue weighted by Crippen LogP contribution is -1.93. The van der Waals surface area contributed by atoms with Crippen LogP contribution in [0.5, 0.6) is 0 Å². The van der Waals surface area contributed by atoms with E-state index in [1.165, 1.54) is 11.1 Å². The van der Waals surface area contributed by atoms with Crippen LogP contribution in [0.1, 0.15) is 18.4 Å². The molecule has 1 heterocycles. The van der Waals surface area contributed by atoms with Crippen molar-refractivity contribution in [2.75, 3.05) is 0 Å². The minimum Gasteiger partial charge on any atom is -0.389 e. The smallest absolute Gasteiger partial charge is 0.0726 e. The van der Waals surface area contributed by atoms with E-state index in [1.807, 2.05) is 18.3 Å². The maximum Gasteiger partial charge on any atom is 0.0726 e. The van der Waals surface area contributed by atoms with E-state index < -0.39 is 0 Å². The lowest BCUT2D eigenvalue weighted by Gasteiger charge is -1.99. The quantitative estimate of drug-likeness (QED) is 0.694. The lowest BCUT2D eigenvalue weighted by molar-refractivity contribution is 0.223. The Labute approximate surface area is 77.9 Å². The molecule has 0 saturated carbocycles. The van der Waals surface area contributed by atoms with Gasteiger partial charge < -0.3 is 5.11 Å². The van der Waals surface area contributed by atoms with Crippen molar-refractivity contribution in [2.24, 2.45) is 0 Å². The molecule has 2 heteroatoms. The van der Waals surface area contributed by atoms with Crippen LogP contribution in [0.25, 0.3) is 0 Å². The van der Waals surface area contributed by atoms with Crippen molar-refractivity contribution in [2.45, 2.75) is 25.4 Å². The molecule has 1 aromatic heterocycles. The summed E-state index contributed by atoms with van der Waals surface area (Å²) in [6, 6.07) is 4.01. The van der Waals surface area contributed by atoms with Crippen LogP contribution in [0.2, 0.25) is 0 Å². The predicted octanol–water partition coefficient (Wildman–Crippen LogP) is 1.71. The van der Waals surface area contributed by atoms with E-state index in [4.69, 9.17) is 0 Å². The maximum absolute atomic E-state index is 9.29. The molecule has 68 valence electrons. The first-order valence-electron chi connectivity index (χ1n) is 4.61. The number of nitrogens with zero attached hydrogens (tertiary/aromatic N) is 1. The molecule has 1 aliphatic carbocycles. The molecule has 0 saturated heterocycles. The largest absolute Gasteiger partial charge is 0.389 e. The van der Waals surface area contributed by atoms with Crippen molar-refractivity contribution in [3.05, 3.63) is 41.7 Å². The Morgan fingerprint density at radius 1 is 1.54 bits per heavy atom. The number of aliphatic hydroxyl groups excluding tert-OH is 1. The van der Waals surface area contributed by atoms with Crippen LogP contribution < -0.4 is 0 Å². The van der Waals surface area contributed by atoms with Crippen molar-refractivity contribution in [3.63, 3.8) is 0 Å². The highest BCUT2D eigenvalue weighted by Gasteiger charge is 2.12. The molecule has 13 heavy (non-hydrogen) atoms. The summed E-state index contributed by atoms with van der Waals surface area (Å²) in [6.45, 7) is 0. The van der Waals surface area contributed by atoms with Gasteiger partial charge in [-0.3, -0.25) is 4.98 Å². The number of rotatable bonds is 2. The van der Waals surface area contributed by atoms with Crippen LogP contribution in [-0.4, -0.2) is 16.2 Å².